The monoisotopic (exact) mass is 396 g/mol. The van der Waals surface area contributed by atoms with Crippen molar-refractivity contribution in [3.63, 3.8) is 0 Å². The molecule has 2 N–H and O–H groups in total. The van der Waals surface area contributed by atoms with Gasteiger partial charge in [0.05, 0.1) is 4.90 Å². The zero-order valence-electron chi connectivity index (χ0n) is 16.1. The van der Waals surface area contributed by atoms with Gasteiger partial charge < -0.3 is 10.4 Å². The summed E-state index contributed by atoms with van der Waals surface area (Å²) < 4.78 is 27.1. The number of aryl methyl sites for hydroxylation is 1. The summed E-state index contributed by atoms with van der Waals surface area (Å²) in [6.45, 7) is 6.41. The molecule has 1 aromatic carbocycles. The highest BCUT2D eigenvalue weighted by atomic mass is 32.2. The number of carbonyl (C=O) groups is 2. The molecule has 1 atom stereocenters. The SMILES string of the molecule is Cc1ccc(S(=O)(=O)N2CCCCC2)cc1C(=O)N[C@@H](CC(C)C)C(=O)O. The van der Waals surface area contributed by atoms with E-state index in [1.54, 1.807) is 13.0 Å². The molecule has 7 nitrogen and oxygen atoms in total. The first-order valence-corrected chi connectivity index (χ1v) is 10.7. The zero-order valence-corrected chi connectivity index (χ0v) is 16.9. The maximum atomic E-state index is 12.8. The molecule has 1 saturated heterocycles. The second-order valence-electron chi connectivity index (χ2n) is 7.44. The van der Waals surface area contributed by atoms with E-state index >= 15 is 0 Å². The van der Waals surface area contributed by atoms with Crippen LogP contribution in [0.5, 0.6) is 0 Å². The van der Waals surface area contributed by atoms with E-state index in [2.05, 4.69) is 5.32 Å². The number of aliphatic carboxylic acids is 1. The van der Waals surface area contributed by atoms with Crippen LogP contribution in [-0.4, -0.2) is 48.8 Å². The predicted octanol–water partition coefficient (Wildman–Crippen LogP) is 2.40. The molecule has 0 saturated carbocycles. The molecule has 2 rings (SSSR count). The first kappa shape index (κ1) is 21.4. The van der Waals surface area contributed by atoms with Crippen LogP contribution in [0.4, 0.5) is 0 Å². The molecule has 1 fully saturated rings. The van der Waals surface area contributed by atoms with E-state index in [9.17, 15) is 23.1 Å². The molecule has 27 heavy (non-hydrogen) atoms. The smallest absolute Gasteiger partial charge is 0.326 e. The summed E-state index contributed by atoms with van der Waals surface area (Å²) in [6.07, 6.45) is 2.97. The van der Waals surface area contributed by atoms with Gasteiger partial charge in [-0.2, -0.15) is 4.31 Å². The average Bonchev–Trinajstić information content (AvgIpc) is 2.61. The third kappa shape index (κ3) is 5.29. The number of sulfonamides is 1. The minimum Gasteiger partial charge on any atom is -0.480 e. The summed E-state index contributed by atoms with van der Waals surface area (Å²) >= 11 is 0. The van der Waals surface area contributed by atoms with Crippen molar-refractivity contribution in [3.05, 3.63) is 29.3 Å². The highest BCUT2D eigenvalue weighted by Crippen LogP contribution is 2.23. The summed E-state index contributed by atoms with van der Waals surface area (Å²) in [7, 11) is -3.66. The fourth-order valence-electron chi connectivity index (χ4n) is 3.19. The molecule has 1 aromatic rings. The molecule has 1 aliphatic heterocycles. The van der Waals surface area contributed by atoms with Crippen molar-refractivity contribution < 1.29 is 23.1 Å². The van der Waals surface area contributed by atoms with Crippen molar-refractivity contribution in [2.45, 2.75) is 57.4 Å². The number of hydrogen-bond acceptors (Lipinski definition) is 4. The average molecular weight is 397 g/mol. The molecule has 1 amide bonds. The van der Waals surface area contributed by atoms with E-state index < -0.39 is 27.9 Å². The number of piperidine rings is 1. The predicted molar refractivity (Wildman–Crippen MR) is 102 cm³/mol. The van der Waals surface area contributed by atoms with E-state index in [1.807, 2.05) is 13.8 Å². The van der Waals surface area contributed by atoms with Crippen molar-refractivity contribution in [1.29, 1.82) is 0 Å². The molecule has 0 aliphatic carbocycles. The summed E-state index contributed by atoms with van der Waals surface area (Å²) in [5.74, 6) is -1.58. The zero-order chi connectivity index (χ0) is 20.2. The van der Waals surface area contributed by atoms with Gasteiger partial charge in [0.1, 0.15) is 6.04 Å². The number of carboxylic acid groups (broad SMARTS) is 1. The molecule has 0 bridgehead atoms. The highest BCUT2D eigenvalue weighted by molar-refractivity contribution is 7.89. The maximum Gasteiger partial charge on any atom is 0.326 e. The van der Waals surface area contributed by atoms with Crippen molar-refractivity contribution in [3.8, 4) is 0 Å². The summed E-state index contributed by atoms with van der Waals surface area (Å²) in [5.41, 5.74) is 0.780. The van der Waals surface area contributed by atoms with Gasteiger partial charge in [-0.1, -0.05) is 26.3 Å². The van der Waals surface area contributed by atoms with Gasteiger partial charge in [0.25, 0.3) is 5.91 Å². The number of amides is 1. The van der Waals surface area contributed by atoms with Gasteiger partial charge in [0, 0.05) is 18.7 Å². The molecular formula is C19H28N2O5S. The van der Waals surface area contributed by atoms with Gasteiger partial charge in [0.15, 0.2) is 0 Å². The van der Waals surface area contributed by atoms with E-state index in [0.717, 1.165) is 19.3 Å². The molecule has 0 aromatic heterocycles. The normalized spacial score (nSPS) is 16.9. The van der Waals surface area contributed by atoms with Crippen LogP contribution in [0, 0.1) is 12.8 Å². The molecule has 1 aliphatic rings. The topological polar surface area (TPSA) is 104 Å². The van der Waals surface area contributed by atoms with Gasteiger partial charge in [-0.25, -0.2) is 13.2 Å². The van der Waals surface area contributed by atoms with E-state index in [1.165, 1.54) is 16.4 Å². The Morgan fingerprint density at radius 2 is 1.81 bits per heavy atom. The van der Waals surface area contributed by atoms with E-state index in [-0.39, 0.29) is 16.4 Å². The third-order valence-corrected chi connectivity index (χ3v) is 6.61. The van der Waals surface area contributed by atoms with Gasteiger partial charge in [0.2, 0.25) is 10.0 Å². The number of hydrogen-bond donors (Lipinski definition) is 2. The summed E-state index contributed by atoms with van der Waals surface area (Å²) in [4.78, 5) is 24.1. The molecule has 0 radical (unpaired) electrons. The standard InChI is InChI=1S/C19H28N2O5S/c1-13(2)11-17(19(23)24)20-18(22)16-12-15(8-7-14(16)3)27(25,26)21-9-5-4-6-10-21/h7-8,12-13,17H,4-6,9-11H2,1-3H3,(H,20,22)(H,23,24)/t17-/m0/s1. The van der Waals surface area contributed by atoms with Crippen molar-refractivity contribution >= 4 is 21.9 Å². The van der Waals surface area contributed by atoms with Crippen LogP contribution in [0.3, 0.4) is 0 Å². The van der Waals surface area contributed by atoms with E-state index in [4.69, 9.17) is 0 Å². The van der Waals surface area contributed by atoms with Crippen LogP contribution >= 0.6 is 0 Å². The number of nitrogens with one attached hydrogen (secondary N) is 1. The second kappa shape index (κ2) is 8.84. The quantitative estimate of drug-likeness (QED) is 0.736. The lowest BCUT2D eigenvalue weighted by molar-refractivity contribution is -0.139. The van der Waals surface area contributed by atoms with Crippen molar-refractivity contribution in [2.24, 2.45) is 5.92 Å². The largest absolute Gasteiger partial charge is 0.480 e. The molecule has 1 heterocycles. The van der Waals surface area contributed by atoms with Crippen LogP contribution in [0.2, 0.25) is 0 Å². The highest BCUT2D eigenvalue weighted by Gasteiger charge is 2.28. The lowest BCUT2D eigenvalue weighted by atomic mass is 10.0. The Morgan fingerprint density at radius 1 is 1.19 bits per heavy atom. The summed E-state index contributed by atoms with van der Waals surface area (Å²) in [6, 6.07) is 3.42. The Morgan fingerprint density at radius 3 is 2.37 bits per heavy atom. The second-order valence-corrected chi connectivity index (χ2v) is 9.37. The number of benzene rings is 1. The lowest BCUT2D eigenvalue weighted by Crippen LogP contribution is -2.42. The Balaban J connectivity index is 2.28. The molecule has 150 valence electrons. The fourth-order valence-corrected chi connectivity index (χ4v) is 4.73. The minimum atomic E-state index is -3.66. The van der Waals surface area contributed by atoms with Crippen molar-refractivity contribution in [2.75, 3.05) is 13.1 Å². The third-order valence-electron chi connectivity index (χ3n) is 4.72. The molecule has 0 spiro atoms. The van der Waals surface area contributed by atoms with Crippen LogP contribution in [0.1, 0.15) is 55.5 Å². The maximum absolute atomic E-state index is 12.8. The Labute approximate surface area is 160 Å². The van der Waals surface area contributed by atoms with Crippen LogP contribution in [0.25, 0.3) is 0 Å². The number of rotatable bonds is 7. The Bertz CT molecular complexity index is 798. The molecule has 8 heteroatoms. The summed E-state index contributed by atoms with van der Waals surface area (Å²) in [5, 5.41) is 11.8. The first-order valence-electron chi connectivity index (χ1n) is 9.27. The van der Waals surface area contributed by atoms with Gasteiger partial charge in [-0.3, -0.25) is 4.79 Å². The first-order chi connectivity index (χ1) is 12.6. The fraction of sp³-hybridized carbons (Fsp3) is 0.579. The Hall–Kier alpha value is -1.93. The molecular weight excluding hydrogens is 368 g/mol. The van der Waals surface area contributed by atoms with Crippen LogP contribution in [-0.2, 0) is 14.8 Å². The lowest BCUT2D eigenvalue weighted by Gasteiger charge is -2.26. The van der Waals surface area contributed by atoms with Crippen LogP contribution in [0.15, 0.2) is 23.1 Å². The van der Waals surface area contributed by atoms with Gasteiger partial charge >= 0.3 is 5.97 Å². The van der Waals surface area contributed by atoms with Gasteiger partial charge in [-0.15, -0.1) is 0 Å². The number of carboxylic acids is 1. The van der Waals surface area contributed by atoms with Gasteiger partial charge in [-0.05, 0) is 49.8 Å². The number of carbonyl (C=O) groups excluding carboxylic acids is 1. The van der Waals surface area contributed by atoms with Crippen molar-refractivity contribution in [1.82, 2.24) is 9.62 Å². The Kier molecular flexibility index (Phi) is 7.00. The molecule has 0 unspecified atom stereocenters. The number of nitrogens with zero attached hydrogens (tertiary/aromatic N) is 1. The minimum absolute atomic E-state index is 0.0656. The van der Waals surface area contributed by atoms with E-state index in [0.29, 0.717) is 25.1 Å². The van der Waals surface area contributed by atoms with Crippen LogP contribution < -0.4 is 5.32 Å².